The van der Waals surface area contributed by atoms with E-state index in [2.05, 4.69) is 0 Å². The van der Waals surface area contributed by atoms with Gasteiger partial charge in [0, 0.05) is 6.07 Å². The summed E-state index contributed by atoms with van der Waals surface area (Å²) >= 11 is 0. The SMILES string of the molecule is COc1ccc(C(=O)N[C@@H](CO)C(=O)O)c(F)c1. The molecule has 1 rings (SSSR count). The molecule has 0 aliphatic heterocycles. The van der Waals surface area contributed by atoms with Crippen molar-refractivity contribution in [2.24, 2.45) is 0 Å². The molecule has 0 fully saturated rings. The Labute approximate surface area is 102 Å². The molecule has 0 aromatic heterocycles. The molecule has 98 valence electrons. The van der Waals surface area contributed by atoms with Gasteiger partial charge in [-0.1, -0.05) is 0 Å². The van der Waals surface area contributed by atoms with Crippen molar-refractivity contribution in [3.8, 4) is 5.75 Å². The smallest absolute Gasteiger partial charge is 0.328 e. The Hall–Kier alpha value is -2.15. The molecule has 3 N–H and O–H groups in total. The number of ether oxygens (including phenoxy) is 1. The number of aliphatic hydroxyl groups is 1. The van der Waals surface area contributed by atoms with Crippen LogP contribution in [0.2, 0.25) is 0 Å². The molecule has 1 aromatic rings. The third-order valence-electron chi connectivity index (χ3n) is 2.21. The van der Waals surface area contributed by atoms with Crippen molar-refractivity contribution >= 4 is 11.9 Å². The summed E-state index contributed by atoms with van der Waals surface area (Å²) in [4.78, 5) is 22.2. The largest absolute Gasteiger partial charge is 0.497 e. The van der Waals surface area contributed by atoms with Crippen LogP contribution >= 0.6 is 0 Å². The van der Waals surface area contributed by atoms with E-state index in [0.29, 0.717) is 0 Å². The van der Waals surface area contributed by atoms with Crippen LogP contribution < -0.4 is 10.1 Å². The molecule has 0 saturated carbocycles. The fourth-order valence-electron chi connectivity index (χ4n) is 1.23. The molecule has 7 heteroatoms. The Bertz CT molecular complexity index is 463. The number of benzene rings is 1. The monoisotopic (exact) mass is 257 g/mol. The number of amides is 1. The van der Waals surface area contributed by atoms with Crippen LogP contribution in [0.5, 0.6) is 5.75 Å². The average Bonchev–Trinajstić information content (AvgIpc) is 2.34. The standard InChI is InChI=1S/C11H12FNO5/c1-18-6-2-3-7(8(12)4-6)10(15)13-9(5-14)11(16)17/h2-4,9,14H,5H2,1H3,(H,13,15)(H,16,17)/t9-/m0/s1. The van der Waals surface area contributed by atoms with Gasteiger partial charge in [0.25, 0.3) is 5.91 Å². The molecule has 1 atom stereocenters. The maximum absolute atomic E-state index is 13.5. The van der Waals surface area contributed by atoms with Crippen molar-refractivity contribution in [1.29, 1.82) is 0 Å². The Morgan fingerprint density at radius 3 is 2.61 bits per heavy atom. The van der Waals surface area contributed by atoms with Crippen molar-refractivity contribution in [2.45, 2.75) is 6.04 Å². The molecule has 0 radical (unpaired) electrons. The number of rotatable bonds is 5. The van der Waals surface area contributed by atoms with Gasteiger partial charge < -0.3 is 20.3 Å². The lowest BCUT2D eigenvalue weighted by Crippen LogP contribution is -2.43. The predicted octanol–water partition coefficient (Wildman–Crippen LogP) is 0.00960. The van der Waals surface area contributed by atoms with Crippen LogP contribution in [0, 0.1) is 5.82 Å². The third-order valence-corrected chi connectivity index (χ3v) is 2.21. The van der Waals surface area contributed by atoms with Crippen LogP contribution in [0.1, 0.15) is 10.4 Å². The quantitative estimate of drug-likeness (QED) is 0.690. The first-order valence-corrected chi connectivity index (χ1v) is 4.97. The topological polar surface area (TPSA) is 95.9 Å². The number of hydrogen-bond donors (Lipinski definition) is 3. The molecule has 0 bridgehead atoms. The van der Waals surface area contributed by atoms with Gasteiger partial charge in [0.15, 0.2) is 6.04 Å². The second kappa shape index (κ2) is 5.97. The van der Waals surface area contributed by atoms with Gasteiger partial charge in [-0.3, -0.25) is 4.79 Å². The molecule has 0 unspecified atom stereocenters. The lowest BCUT2D eigenvalue weighted by molar-refractivity contribution is -0.140. The van der Waals surface area contributed by atoms with Gasteiger partial charge in [0.05, 0.1) is 19.3 Å². The number of carbonyl (C=O) groups is 2. The molecule has 18 heavy (non-hydrogen) atoms. The summed E-state index contributed by atoms with van der Waals surface area (Å²) in [6, 6.07) is 2.06. The van der Waals surface area contributed by atoms with E-state index in [1.165, 1.54) is 19.2 Å². The molecular weight excluding hydrogens is 245 g/mol. The van der Waals surface area contributed by atoms with Gasteiger partial charge in [-0.2, -0.15) is 0 Å². The van der Waals surface area contributed by atoms with Crippen LogP contribution in [0.3, 0.4) is 0 Å². The summed E-state index contributed by atoms with van der Waals surface area (Å²) in [7, 11) is 1.35. The second-order valence-electron chi connectivity index (χ2n) is 3.39. The van der Waals surface area contributed by atoms with E-state index in [0.717, 1.165) is 6.07 Å². The Morgan fingerprint density at radius 1 is 1.50 bits per heavy atom. The summed E-state index contributed by atoms with van der Waals surface area (Å²) in [5, 5.41) is 19.4. The van der Waals surface area contributed by atoms with Crippen molar-refractivity contribution in [2.75, 3.05) is 13.7 Å². The Morgan fingerprint density at radius 2 is 2.17 bits per heavy atom. The fourth-order valence-corrected chi connectivity index (χ4v) is 1.23. The zero-order chi connectivity index (χ0) is 13.7. The first-order chi connectivity index (χ1) is 8.49. The molecular formula is C11H12FNO5. The Kier molecular flexibility index (Phi) is 4.61. The van der Waals surface area contributed by atoms with E-state index in [-0.39, 0.29) is 11.3 Å². The van der Waals surface area contributed by atoms with Crippen molar-refractivity contribution in [3.05, 3.63) is 29.6 Å². The van der Waals surface area contributed by atoms with E-state index in [4.69, 9.17) is 14.9 Å². The highest BCUT2D eigenvalue weighted by Crippen LogP contribution is 2.16. The molecule has 0 saturated heterocycles. The third kappa shape index (κ3) is 3.17. The van der Waals surface area contributed by atoms with Gasteiger partial charge in [0.1, 0.15) is 11.6 Å². The first kappa shape index (κ1) is 13.9. The molecule has 0 spiro atoms. The van der Waals surface area contributed by atoms with E-state index in [1.807, 2.05) is 5.32 Å². The summed E-state index contributed by atoms with van der Waals surface area (Å²) in [6.07, 6.45) is 0. The average molecular weight is 257 g/mol. The highest BCUT2D eigenvalue weighted by atomic mass is 19.1. The van der Waals surface area contributed by atoms with Gasteiger partial charge in [-0.25, -0.2) is 9.18 Å². The van der Waals surface area contributed by atoms with Gasteiger partial charge >= 0.3 is 5.97 Å². The number of carboxylic acid groups (broad SMARTS) is 1. The summed E-state index contributed by atoms with van der Waals surface area (Å²) in [5.74, 6) is -2.92. The fraction of sp³-hybridized carbons (Fsp3) is 0.273. The normalized spacial score (nSPS) is 11.7. The summed E-state index contributed by atoms with van der Waals surface area (Å²) < 4.78 is 18.3. The zero-order valence-corrected chi connectivity index (χ0v) is 9.51. The number of aliphatic hydroxyl groups excluding tert-OH is 1. The van der Waals surface area contributed by atoms with Crippen LogP contribution in [0.25, 0.3) is 0 Å². The molecule has 6 nitrogen and oxygen atoms in total. The lowest BCUT2D eigenvalue weighted by Gasteiger charge is -2.12. The van der Waals surface area contributed by atoms with Crippen LogP contribution in [-0.4, -0.2) is 41.8 Å². The van der Waals surface area contributed by atoms with Crippen molar-refractivity contribution in [1.82, 2.24) is 5.32 Å². The minimum atomic E-state index is -1.47. The molecule has 0 aliphatic carbocycles. The van der Waals surface area contributed by atoms with E-state index >= 15 is 0 Å². The zero-order valence-electron chi connectivity index (χ0n) is 9.51. The van der Waals surface area contributed by atoms with E-state index < -0.39 is 30.3 Å². The summed E-state index contributed by atoms with van der Waals surface area (Å²) in [5.41, 5.74) is -0.324. The Balaban J connectivity index is 2.87. The molecule has 1 aromatic carbocycles. The number of nitrogens with one attached hydrogen (secondary N) is 1. The second-order valence-corrected chi connectivity index (χ2v) is 3.39. The number of halogens is 1. The summed E-state index contributed by atoms with van der Waals surface area (Å²) in [6.45, 7) is -0.779. The number of carbonyl (C=O) groups excluding carboxylic acids is 1. The van der Waals surface area contributed by atoms with Crippen LogP contribution in [-0.2, 0) is 4.79 Å². The molecule has 0 heterocycles. The van der Waals surface area contributed by atoms with Gasteiger partial charge in [-0.05, 0) is 12.1 Å². The first-order valence-electron chi connectivity index (χ1n) is 4.97. The van der Waals surface area contributed by atoms with E-state index in [1.54, 1.807) is 0 Å². The lowest BCUT2D eigenvalue weighted by atomic mass is 10.1. The van der Waals surface area contributed by atoms with Gasteiger partial charge in [0.2, 0.25) is 0 Å². The number of methoxy groups -OCH3 is 1. The maximum Gasteiger partial charge on any atom is 0.328 e. The highest BCUT2D eigenvalue weighted by Gasteiger charge is 2.21. The number of carboxylic acids is 1. The van der Waals surface area contributed by atoms with Crippen molar-refractivity contribution < 1.29 is 28.9 Å². The molecule has 0 aliphatic rings. The van der Waals surface area contributed by atoms with Gasteiger partial charge in [-0.15, -0.1) is 0 Å². The van der Waals surface area contributed by atoms with Crippen LogP contribution in [0.15, 0.2) is 18.2 Å². The van der Waals surface area contributed by atoms with Crippen LogP contribution in [0.4, 0.5) is 4.39 Å². The predicted molar refractivity (Wildman–Crippen MR) is 58.9 cm³/mol. The minimum absolute atomic E-state index is 0.237. The van der Waals surface area contributed by atoms with Crippen molar-refractivity contribution in [3.63, 3.8) is 0 Å². The number of aliphatic carboxylic acids is 1. The number of hydrogen-bond acceptors (Lipinski definition) is 4. The molecule has 1 amide bonds. The highest BCUT2D eigenvalue weighted by molar-refractivity contribution is 5.96. The minimum Gasteiger partial charge on any atom is -0.497 e. The van der Waals surface area contributed by atoms with E-state index in [9.17, 15) is 14.0 Å². The maximum atomic E-state index is 13.5.